The maximum absolute atomic E-state index is 15.0. The van der Waals surface area contributed by atoms with E-state index in [9.17, 15) is 82.8 Å². The highest BCUT2D eigenvalue weighted by molar-refractivity contribution is 5.99. The van der Waals surface area contributed by atoms with Gasteiger partial charge in [0.2, 0.25) is 59.1 Å². The number of phenolic OH excluding ortho intramolecular Hbond substituents is 1. The van der Waals surface area contributed by atoms with Gasteiger partial charge in [0.15, 0.2) is 5.96 Å². The number of rotatable bonds is 45. The first kappa shape index (κ1) is 94.5. The summed E-state index contributed by atoms with van der Waals surface area (Å²) in [4.78, 5) is 207. The lowest BCUT2D eigenvalue weighted by molar-refractivity contribution is -0.143. The number of aliphatic hydroxyl groups is 2. The number of amides is 10. The molecule has 2 fully saturated rings. The van der Waals surface area contributed by atoms with Crippen LogP contribution in [-0.2, 0) is 101 Å². The van der Waals surface area contributed by atoms with Crippen LogP contribution in [0, 0.1) is 11.8 Å². The average Bonchev–Trinajstić information content (AvgIpc) is 1.81. The number of aromatic nitrogens is 1. The molecule has 39 nitrogen and oxygen atoms in total. The molecular formula is C78H114N18O21. The van der Waals surface area contributed by atoms with E-state index in [4.69, 9.17) is 31.4 Å². The van der Waals surface area contributed by atoms with E-state index in [2.05, 4.69) is 57.8 Å². The zero-order valence-corrected chi connectivity index (χ0v) is 66.5. The largest absolute Gasteiger partial charge is 0.508 e. The number of nitrogens with zero attached hydrogens (tertiary/aromatic N) is 5. The Labute approximate surface area is 677 Å². The number of phenols is 1. The summed E-state index contributed by atoms with van der Waals surface area (Å²) in [7, 11) is 2.46. The second-order valence-electron chi connectivity index (χ2n) is 29.4. The quantitative estimate of drug-likeness (QED) is 0.00501. The Morgan fingerprint density at radius 2 is 0.983 bits per heavy atom. The maximum atomic E-state index is 15.0. The van der Waals surface area contributed by atoms with Crippen LogP contribution in [0.2, 0.25) is 0 Å². The molecule has 117 heavy (non-hydrogen) atoms. The number of carboxylic acid groups (broad SMARTS) is 1. The third-order valence-electron chi connectivity index (χ3n) is 20.0. The molecule has 4 aromatic rings. The number of aromatic amines is 1. The summed E-state index contributed by atoms with van der Waals surface area (Å²) in [6.07, 6.45) is 3.40. The molecule has 9 atom stereocenters. The fourth-order valence-electron chi connectivity index (χ4n) is 13.5. The van der Waals surface area contributed by atoms with E-state index in [1.54, 1.807) is 89.3 Å². The number of aliphatic carboxylic acids is 1. The van der Waals surface area contributed by atoms with Crippen molar-refractivity contribution < 1.29 is 102 Å². The predicted octanol–water partition coefficient (Wildman–Crippen LogP) is -4.02. The zero-order valence-electron chi connectivity index (χ0n) is 66.5. The van der Waals surface area contributed by atoms with Crippen molar-refractivity contribution >= 4 is 100 Å². The Morgan fingerprint density at radius 3 is 1.51 bits per heavy atom. The number of carbonyl (C=O) groups excluding carboxylic acids is 13. The Hall–Kier alpha value is -11.4. The molecule has 39 heteroatoms. The number of guanidine groups is 1. The summed E-state index contributed by atoms with van der Waals surface area (Å²) >= 11 is 0. The molecule has 0 radical (unpaired) electrons. The molecule has 3 unspecified atom stereocenters. The minimum atomic E-state index is -1.88. The van der Waals surface area contributed by atoms with Crippen LogP contribution in [0.4, 0.5) is 0 Å². The number of carbonyl (C=O) groups is 14. The fraction of sp³-hybridized carbons (Fsp3) is 0.551. The minimum absolute atomic E-state index is 0.00171. The third kappa shape index (κ3) is 33.4. The third-order valence-corrected chi connectivity index (χ3v) is 20.0. The first-order valence-electron chi connectivity index (χ1n) is 38.9. The van der Waals surface area contributed by atoms with E-state index in [1.165, 1.54) is 38.5 Å². The van der Waals surface area contributed by atoms with Crippen LogP contribution < -0.4 is 65.1 Å². The van der Waals surface area contributed by atoms with Crippen molar-refractivity contribution in [1.29, 1.82) is 0 Å². The van der Waals surface area contributed by atoms with E-state index in [1.807, 2.05) is 4.90 Å². The number of carboxylic acids is 1. The molecular weight excluding hydrogens is 1520 g/mol. The first-order chi connectivity index (χ1) is 56.0. The molecule has 642 valence electrons. The minimum Gasteiger partial charge on any atom is -0.508 e. The van der Waals surface area contributed by atoms with Gasteiger partial charge in [-0.3, -0.25) is 91.7 Å². The molecule has 1 aliphatic heterocycles. The van der Waals surface area contributed by atoms with E-state index in [0.717, 1.165) is 19.3 Å². The molecule has 1 saturated carbocycles. The number of ether oxygens (including phenoxy) is 3. The number of benzene rings is 3. The summed E-state index contributed by atoms with van der Waals surface area (Å²) in [5.41, 5.74) is 18.9. The maximum Gasteiger partial charge on any atom is 0.319 e. The number of primary amides is 1. The number of hydrogen-bond acceptors (Lipinski definition) is 25. The van der Waals surface area contributed by atoms with Crippen molar-refractivity contribution in [3.8, 4) is 5.75 Å². The highest BCUT2D eigenvalue weighted by Gasteiger charge is 2.38. The van der Waals surface area contributed by atoms with Crippen LogP contribution in [0.25, 0.3) is 10.9 Å². The molecule has 1 aliphatic carbocycles. The molecule has 2 heterocycles. The molecule has 20 N–H and O–H groups in total. The van der Waals surface area contributed by atoms with E-state index in [-0.39, 0.29) is 134 Å². The molecule has 3 aromatic carbocycles. The second kappa shape index (κ2) is 49.5. The predicted molar refractivity (Wildman–Crippen MR) is 424 cm³/mol. The standard InChI is InChI=1S/C78H114N18O21/c1-48(2)34-57(71(108)90-61(75(112)91-63(44-97)69(79)106)38-52-40-83-55-19-12-11-18-54(52)55)86-72(109)60(37-51-21-23-53(100)24-22-51)87-70(107)56(20-13-25-82-78(80)81)85-77(114)64(45-98)92-74(111)59(36-50-16-9-6-10-17-50)88-73(110)58(35-49-14-7-5-8-15-49)89-76(113)62(39-66(102)103)84-65(101)41-93-26-28-94(42-67(104)115-3)30-32-96(46-117-47-99)33-31-95(29-27-93)43-68(105)116-4/h6,9-12,16-19,21-24,40,47-49,56-64,83,97-98,100H,5,7-8,13-15,20,25-39,41-46H2,1-4H3,(H2,79,106)(H,84,101)(H,85,114)(H,86,109)(H,87,107)(H,88,110)(H,89,113)(H,90,108)(H,91,112)(H,92,111)(H,102,103)(H4,80,81,82)/t56?,57-,58-,59?,60-,61-,62-,63-,64?/m0/s1. The lowest BCUT2D eigenvalue weighted by Crippen LogP contribution is -2.61. The first-order valence-corrected chi connectivity index (χ1v) is 38.9. The lowest BCUT2D eigenvalue weighted by atomic mass is 9.84. The average molecular weight is 1640 g/mol. The number of methoxy groups -OCH3 is 2. The highest BCUT2D eigenvalue weighted by Crippen LogP contribution is 2.28. The second-order valence-corrected chi connectivity index (χ2v) is 29.4. The van der Waals surface area contributed by atoms with Gasteiger partial charge >= 0.3 is 17.9 Å². The molecule has 1 aromatic heterocycles. The van der Waals surface area contributed by atoms with Crippen molar-refractivity contribution in [2.24, 2.45) is 34.0 Å². The van der Waals surface area contributed by atoms with Crippen molar-refractivity contribution in [3.63, 3.8) is 0 Å². The number of nitrogens with one attached hydrogen (secondary N) is 10. The Bertz CT molecular complexity index is 3940. The summed E-state index contributed by atoms with van der Waals surface area (Å²) in [6.45, 7) is 2.72. The monoisotopic (exact) mass is 1640 g/mol. The summed E-state index contributed by atoms with van der Waals surface area (Å²) in [5.74, 6) is -13.3. The lowest BCUT2D eigenvalue weighted by Gasteiger charge is -2.33. The van der Waals surface area contributed by atoms with Crippen LogP contribution in [0.1, 0.15) is 94.7 Å². The van der Waals surface area contributed by atoms with Gasteiger partial charge in [-0.1, -0.05) is 107 Å². The molecule has 0 spiro atoms. The van der Waals surface area contributed by atoms with Crippen LogP contribution in [0.15, 0.2) is 90.1 Å². The number of aliphatic hydroxyl groups excluding tert-OH is 2. The number of aliphatic imine (C=N–C) groups is 1. The van der Waals surface area contributed by atoms with Crippen molar-refractivity contribution in [2.45, 2.75) is 152 Å². The number of esters is 2. The van der Waals surface area contributed by atoms with Crippen molar-refractivity contribution in [3.05, 3.63) is 102 Å². The normalized spacial score (nSPS) is 16.4. The summed E-state index contributed by atoms with van der Waals surface area (Å²) in [6, 6.07) is 6.73. The van der Waals surface area contributed by atoms with Gasteiger partial charge in [0.1, 0.15) is 66.9 Å². The topological polar surface area (TPSA) is 575 Å². The Kier molecular flexibility index (Phi) is 40.0. The molecule has 6 rings (SSSR count). The SMILES string of the molecule is COC(=O)CN1CCN(COC=O)CCN(CC(=O)OC)CCN(CC(=O)N[C@@H](CC(=O)O)C(=O)N[C@@H](CC2CCCCC2)C(=O)NC(Cc2ccccc2)C(=O)NC(CO)C(=O)NC(CCCN=C(N)N)C(=O)N[C@@H](Cc2ccc(O)cc2)C(=O)N[C@@H](CC(C)C)C(=O)N[C@@H](Cc2c[nH]c3ccccc23)C(=O)N[C@@H](CO)C(N)=O)CC1. The number of para-hydroxylation sites is 1. The highest BCUT2D eigenvalue weighted by atomic mass is 16.5. The van der Waals surface area contributed by atoms with Gasteiger partial charge in [-0.25, -0.2) is 0 Å². The van der Waals surface area contributed by atoms with Gasteiger partial charge in [0.25, 0.3) is 6.47 Å². The number of H-pyrrole nitrogens is 1. The van der Waals surface area contributed by atoms with E-state index in [0.29, 0.717) is 60.0 Å². The Morgan fingerprint density at radius 1 is 0.530 bits per heavy atom. The summed E-state index contributed by atoms with van der Waals surface area (Å²) in [5, 5.41) is 65.5. The zero-order chi connectivity index (χ0) is 85.5. The van der Waals surface area contributed by atoms with Crippen molar-refractivity contribution in [1.82, 2.24) is 72.4 Å². The van der Waals surface area contributed by atoms with Crippen molar-refractivity contribution in [2.75, 3.05) is 113 Å². The number of aromatic hydroxyl groups is 1. The van der Waals surface area contributed by atoms with Gasteiger partial charge in [-0.2, -0.15) is 0 Å². The van der Waals surface area contributed by atoms with Crippen LogP contribution in [-0.4, -0.2) is 301 Å². The Balaban J connectivity index is 1.24. The number of fused-ring (bicyclic) bond motifs is 1. The van der Waals surface area contributed by atoms with E-state index >= 15 is 4.79 Å². The molecule has 1 saturated heterocycles. The smallest absolute Gasteiger partial charge is 0.319 e. The van der Waals surface area contributed by atoms with E-state index < -0.39 is 158 Å². The van der Waals surface area contributed by atoms with Gasteiger partial charge in [0, 0.05) is 95.3 Å². The number of nitrogens with two attached hydrogens (primary N) is 3. The van der Waals surface area contributed by atoms with Gasteiger partial charge < -0.3 is 105 Å². The summed E-state index contributed by atoms with van der Waals surface area (Å²) < 4.78 is 14.9. The van der Waals surface area contributed by atoms with Gasteiger partial charge in [0.05, 0.1) is 53.5 Å². The van der Waals surface area contributed by atoms with Crippen LogP contribution in [0.5, 0.6) is 5.75 Å². The molecule has 2 aliphatic rings. The van der Waals surface area contributed by atoms with Gasteiger partial charge in [-0.05, 0) is 72.4 Å². The molecule has 0 bridgehead atoms. The number of hydrogen-bond donors (Lipinski definition) is 17. The fourth-order valence-corrected chi connectivity index (χ4v) is 13.5. The van der Waals surface area contributed by atoms with Crippen LogP contribution >= 0.6 is 0 Å². The molecule has 10 amide bonds. The van der Waals surface area contributed by atoms with Gasteiger partial charge in [-0.15, -0.1) is 0 Å². The van der Waals surface area contributed by atoms with Crippen LogP contribution in [0.3, 0.4) is 0 Å².